The number of benzene rings is 2. The molecule has 2 aromatic carbocycles. The lowest BCUT2D eigenvalue weighted by atomic mass is 10.1. The molecule has 0 saturated carbocycles. The number of carbonyl (C=O) groups is 3. The van der Waals surface area contributed by atoms with Crippen molar-refractivity contribution in [1.29, 1.82) is 0 Å². The SMILES string of the molecule is O=C1CC/C=C/C[C@@H](NC(=O)CCc2ccc(Cl)cc2)C(=O)OC[C@@H](c2ccccc2)N1. The van der Waals surface area contributed by atoms with Crippen LogP contribution in [0.3, 0.4) is 0 Å². The highest BCUT2D eigenvalue weighted by Crippen LogP contribution is 2.15. The third-order valence-electron chi connectivity index (χ3n) is 5.18. The van der Waals surface area contributed by atoms with Gasteiger partial charge in [0.2, 0.25) is 11.8 Å². The molecule has 1 aliphatic heterocycles. The smallest absolute Gasteiger partial charge is 0.329 e. The van der Waals surface area contributed by atoms with E-state index in [-0.39, 0.29) is 24.8 Å². The van der Waals surface area contributed by atoms with Crippen LogP contribution < -0.4 is 10.6 Å². The van der Waals surface area contributed by atoms with Gasteiger partial charge in [-0.25, -0.2) is 4.79 Å². The molecule has 1 heterocycles. The minimum absolute atomic E-state index is 0.00452. The zero-order valence-corrected chi connectivity index (χ0v) is 18.5. The summed E-state index contributed by atoms with van der Waals surface area (Å²) < 4.78 is 5.50. The Morgan fingerprint density at radius 2 is 1.81 bits per heavy atom. The van der Waals surface area contributed by atoms with Gasteiger partial charge in [-0.1, -0.05) is 66.2 Å². The van der Waals surface area contributed by atoms with Crippen molar-refractivity contribution in [2.24, 2.45) is 0 Å². The third kappa shape index (κ3) is 7.54. The van der Waals surface area contributed by atoms with E-state index < -0.39 is 18.1 Å². The van der Waals surface area contributed by atoms with Crippen LogP contribution in [0.1, 0.15) is 42.9 Å². The molecule has 1 aliphatic rings. The first-order valence-electron chi connectivity index (χ1n) is 10.7. The van der Waals surface area contributed by atoms with Gasteiger partial charge in [0.05, 0.1) is 6.04 Å². The lowest BCUT2D eigenvalue weighted by molar-refractivity contribution is -0.149. The first-order valence-corrected chi connectivity index (χ1v) is 11.1. The zero-order valence-electron chi connectivity index (χ0n) is 17.8. The number of nitrogens with one attached hydrogen (secondary N) is 2. The Balaban J connectivity index is 1.62. The van der Waals surface area contributed by atoms with E-state index >= 15 is 0 Å². The number of amides is 2. The maximum absolute atomic E-state index is 12.7. The van der Waals surface area contributed by atoms with Crippen molar-refractivity contribution >= 4 is 29.4 Å². The van der Waals surface area contributed by atoms with Gasteiger partial charge >= 0.3 is 5.97 Å². The minimum Gasteiger partial charge on any atom is -0.462 e. The Bertz CT molecular complexity index is 944. The van der Waals surface area contributed by atoms with Gasteiger partial charge < -0.3 is 15.4 Å². The number of esters is 1. The van der Waals surface area contributed by atoms with Gasteiger partial charge in [0.25, 0.3) is 0 Å². The van der Waals surface area contributed by atoms with Crippen LogP contribution in [0.2, 0.25) is 5.02 Å². The Hall–Kier alpha value is -3.12. The van der Waals surface area contributed by atoms with Crippen molar-refractivity contribution in [2.45, 2.75) is 44.2 Å². The Kier molecular flexibility index (Phi) is 8.87. The van der Waals surface area contributed by atoms with Crippen LogP contribution >= 0.6 is 11.6 Å². The molecule has 3 rings (SSSR count). The van der Waals surface area contributed by atoms with Gasteiger partial charge in [-0.05, 0) is 42.5 Å². The molecule has 0 aliphatic carbocycles. The van der Waals surface area contributed by atoms with E-state index in [0.29, 0.717) is 30.7 Å². The van der Waals surface area contributed by atoms with Crippen LogP contribution in [-0.4, -0.2) is 30.4 Å². The lowest BCUT2D eigenvalue weighted by Crippen LogP contribution is -2.43. The molecular formula is C25H27ClN2O4. The summed E-state index contributed by atoms with van der Waals surface area (Å²) in [6, 6.07) is 15.5. The van der Waals surface area contributed by atoms with E-state index in [2.05, 4.69) is 10.6 Å². The van der Waals surface area contributed by atoms with Gasteiger partial charge in [0.1, 0.15) is 12.6 Å². The average Bonchev–Trinajstić information content (AvgIpc) is 2.80. The second-order valence-corrected chi connectivity index (χ2v) is 8.09. The molecule has 0 radical (unpaired) electrons. The minimum atomic E-state index is -0.782. The van der Waals surface area contributed by atoms with Gasteiger partial charge in [-0.2, -0.15) is 0 Å². The fourth-order valence-electron chi connectivity index (χ4n) is 3.39. The van der Waals surface area contributed by atoms with E-state index in [0.717, 1.165) is 11.1 Å². The first kappa shape index (κ1) is 23.5. The summed E-state index contributed by atoms with van der Waals surface area (Å²) in [7, 11) is 0. The van der Waals surface area contributed by atoms with E-state index in [4.69, 9.17) is 16.3 Å². The summed E-state index contributed by atoms with van der Waals surface area (Å²) in [5.41, 5.74) is 1.84. The highest BCUT2D eigenvalue weighted by atomic mass is 35.5. The summed E-state index contributed by atoms with van der Waals surface area (Å²) in [5, 5.41) is 6.35. The molecular weight excluding hydrogens is 428 g/mol. The van der Waals surface area contributed by atoms with Crippen LogP contribution in [0.15, 0.2) is 66.7 Å². The van der Waals surface area contributed by atoms with E-state index in [1.165, 1.54) is 0 Å². The molecule has 2 atom stereocenters. The quantitative estimate of drug-likeness (QED) is 0.530. The number of cyclic esters (lactones) is 1. The van der Waals surface area contributed by atoms with Crippen LogP contribution in [0.25, 0.3) is 0 Å². The molecule has 2 N–H and O–H groups in total. The number of carbonyl (C=O) groups excluding carboxylic acids is 3. The molecule has 0 spiro atoms. The molecule has 0 fully saturated rings. The summed E-state index contributed by atoms with van der Waals surface area (Å²) in [5.74, 6) is -0.854. The van der Waals surface area contributed by atoms with Crippen molar-refractivity contribution < 1.29 is 19.1 Å². The normalized spacial score (nSPS) is 20.8. The van der Waals surface area contributed by atoms with Crippen molar-refractivity contribution in [3.63, 3.8) is 0 Å². The van der Waals surface area contributed by atoms with Crippen LogP contribution in [-0.2, 0) is 25.5 Å². The number of ether oxygens (including phenoxy) is 1. The summed E-state index contributed by atoms with van der Waals surface area (Å²) in [4.78, 5) is 37.4. The van der Waals surface area contributed by atoms with Crippen molar-refractivity contribution in [1.82, 2.24) is 10.6 Å². The van der Waals surface area contributed by atoms with Crippen molar-refractivity contribution in [2.75, 3.05) is 6.61 Å². The van der Waals surface area contributed by atoms with Gasteiger partial charge in [0.15, 0.2) is 0 Å². The molecule has 2 aromatic rings. The molecule has 168 valence electrons. The number of aryl methyl sites for hydroxylation is 1. The topological polar surface area (TPSA) is 84.5 Å². The van der Waals surface area contributed by atoms with Crippen molar-refractivity contribution in [3.05, 3.63) is 82.9 Å². The highest BCUT2D eigenvalue weighted by Gasteiger charge is 2.24. The average molecular weight is 455 g/mol. The molecule has 6 nitrogen and oxygen atoms in total. The maximum Gasteiger partial charge on any atom is 0.329 e. The maximum atomic E-state index is 12.7. The first-order chi connectivity index (χ1) is 15.5. The molecule has 0 bridgehead atoms. The predicted molar refractivity (Wildman–Crippen MR) is 123 cm³/mol. The van der Waals surface area contributed by atoms with E-state index in [1.54, 1.807) is 18.2 Å². The molecule has 2 amide bonds. The monoisotopic (exact) mass is 454 g/mol. The summed E-state index contributed by atoms with van der Waals surface area (Å²) in [6.45, 7) is -0.00452. The fourth-order valence-corrected chi connectivity index (χ4v) is 3.52. The number of allylic oxidation sites excluding steroid dienone is 1. The zero-order chi connectivity index (χ0) is 22.8. The molecule has 32 heavy (non-hydrogen) atoms. The van der Waals surface area contributed by atoms with Gasteiger partial charge in [-0.3, -0.25) is 9.59 Å². The second-order valence-electron chi connectivity index (χ2n) is 7.65. The second kappa shape index (κ2) is 12.1. The molecule has 0 aromatic heterocycles. The standard InChI is InChI=1S/C25H27ClN2O4/c26-20-14-11-18(12-15-20)13-16-24(30)27-21-9-5-2-6-10-23(29)28-22(17-32-25(21)31)19-7-3-1-4-8-19/h1-5,7-8,11-12,14-15,21-22H,6,9-10,13,16-17H2,(H,27,30)(H,28,29)/b5-2+/t21-,22+/m1/s1. The number of hydrogen-bond donors (Lipinski definition) is 2. The van der Waals surface area contributed by atoms with E-state index in [9.17, 15) is 14.4 Å². The van der Waals surface area contributed by atoms with Crippen molar-refractivity contribution in [3.8, 4) is 0 Å². The predicted octanol–water partition coefficient (Wildman–Crippen LogP) is 3.90. The highest BCUT2D eigenvalue weighted by molar-refractivity contribution is 6.30. The van der Waals surface area contributed by atoms with Crippen LogP contribution in [0.5, 0.6) is 0 Å². The largest absolute Gasteiger partial charge is 0.462 e. The van der Waals surface area contributed by atoms with E-state index in [1.807, 2.05) is 48.5 Å². The Morgan fingerprint density at radius 1 is 1.06 bits per heavy atom. The molecule has 7 heteroatoms. The third-order valence-corrected chi connectivity index (χ3v) is 5.43. The molecule has 0 unspecified atom stereocenters. The lowest BCUT2D eigenvalue weighted by Gasteiger charge is -2.22. The van der Waals surface area contributed by atoms with Gasteiger partial charge in [0, 0.05) is 17.9 Å². The number of halogens is 1. The van der Waals surface area contributed by atoms with Gasteiger partial charge in [-0.15, -0.1) is 0 Å². The van der Waals surface area contributed by atoms with Crippen LogP contribution in [0, 0.1) is 0 Å². The number of hydrogen-bond acceptors (Lipinski definition) is 4. The Morgan fingerprint density at radius 3 is 2.56 bits per heavy atom. The Labute approximate surface area is 193 Å². The summed E-state index contributed by atoms with van der Waals surface area (Å²) >= 11 is 5.89. The van der Waals surface area contributed by atoms with Crippen LogP contribution in [0.4, 0.5) is 0 Å². The number of rotatable bonds is 5. The fraction of sp³-hybridized carbons (Fsp3) is 0.320. The summed E-state index contributed by atoms with van der Waals surface area (Å²) in [6.07, 6.45) is 5.64. The molecule has 0 saturated heterocycles.